The smallest absolute Gasteiger partial charge is 0.203 e. The van der Waals surface area contributed by atoms with E-state index in [0.29, 0.717) is 18.9 Å². The van der Waals surface area contributed by atoms with Crippen molar-refractivity contribution < 1.29 is 23.0 Å². The van der Waals surface area contributed by atoms with Crippen LogP contribution in [0.4, 0.5) is 13.2 Å². The van der Waals surface area contributed by atoms with Gasteiger partial charge in [-0.3, -0.25) is 0 Å². The average Bonchev–Trinajstić information content (AvgIpc) is 2.92. The highest BCUT2D eigenvalue weighted by molar-refractivity contribution is 5.39. The summed E-state index contributed by atoms with van der Waals surface area (Å²) in [5.41, 5.74) is -1.59. The Morgan fingerprint density at radius 2 is 1.87 bits per heavy atom. The van der Waals surface area contributed by atoms with Crippen LogP contribution in [-0.2, 0) is 5.60 Å². The zero-order valence-corrected chi connectivity index (χ0v) is 7.98. The third-order valence-electron chi connectivity index (χ3n) is 2.55. The molecule has 0 radical (unpaired) electrons. The van der Waals surface area contributed by atoms with Crippen molar-refractivity contribution in [2.24, 2.45) is 0 Å². The van der Waals surface area contributed by atoms with Gasteiger partial charge < -0.3 is 9.84 Å². The molecule has 0 saturated heterocycles. The third-order valence-corrected chi connectivity index (χ3v) is 2.55. The van der Waals surface area contributed by atoms with E-state index in [0.717, 1.165) is 7.11 Å². The lowest BCUT2D eigenvalue weighted by atomic mass is 10.1. The van der Waals surface area contributed by atoms with E-state index in [1.54, 1.807) is 0 Å². The molecule has 0 aliphatic heterocycles. The van der Waals surface area contributed by atoms with Crippen molar-refractivity contribution in [3.05, 3.63) is 29.1 Å². The number of aliphatic hydroxyl groups is 1. The number of ether oxygens (including phenoxy) is 1. The van der Waals surface area contributed by atoms with E-state index >= 15 is 0 Å². The fraction of sp³-hybridized carbons (Fsp3) is 0.400. The predicted molar refractivity (Wildman–Crippen MR) is 46.0 cm³/mol. The molecular weight excluding hydrogens is 209 g/mol. The van der Waals surface area contributed by atoms with Crippen LogP contribution in [-0.4, -0.2) is 12.2 Å². The molecule has 82 valence electrons. The molecule has 0 unspecified atom stereocenters. The van der Waals surface area contributed by atoms with Crippen LogP contribution in [0.2, 0.25) is 0 Å². The minimum absolute atomic E-state index is 0.238. The van der Waals surface area contributed by atoms with Gasteiger partial charge in [0.05, 0.1) is 12.7 Å². The fourth-order valence-electron chi connectivity index (χ4n) is 1.49. The highest BCUT2D eigenvalue weighted by atomic mass is 19.2. The Bertz CT molecular complexity index is 414. The summed E-state index contributed by atoms with van der Waals surface area (Å²) >= 11 is 0. The zero-order valence-electron chi connectivity index (χ0n) is 7.98. The Labute approximate surface area is 84.3 Å². The van der Waals surface area contributed by atoms with E-state index in [9.17, 15) is 18.3 Å². The number of hydrogen-bond donors (Lipinski definition) is 1. The fourth-order valence-corrected chi connectivity index (χ4v) is 1.49. The Balaban J connectivity index is 2.62. The van der Waals surface area contributed by atoms with E-state index < -0.39 is 28.8 Å². The first kappa shape index (κ1) is 10.3. The lowest BCUT2D eigenvalue weighted by Gasteiger charge is -2.13. The van der Waals surface area contributed by atoms with Crippen LogP contribution in [0.3, 0.4) is 0 Å². The number of benzene rings is 1. The Kier molecular flexibility index (Phi) is 2.15. The summed E-state index contributed by atoms with van der Waals surface area (Å²) in [4.78, 5) is 0. The van der Waals surface area contributed by atoms with Crippen molar-refractivity contribution >= 4 is 0 Å². The molecule has 15 heavy (non-hydrogen) atoms. The lowest BCUT2D eigenvalue weighted by Crippen LogP contribution is -2.11. The first-order valence-electron chi connectivity index (χ1n) is 4.44. The normalized spacial score (nSPS) is 17.7. The minimum atomic E-state index is -1.37. The van der Waals surface area contributed by atoms with Crippen LogP contribution in [0.1, 0.15) is 18.4 Å². The van der Waals surface area contributed by atoms with E-state index in [2.05, 4.69) is 4.74 Å². The van der Waals surface area contributed by atoms with E-state index in [4.69, 9.17) is 0 Å². The average molecular weight is 218 g/mol. The molecule has 1 saturated carbocycles. The van der Waals surface area contributed by atoms with Crippen molar-refractivity contribution in [3.8, 4) is 5.75 Å². The molecule has 2 rings (SSSR count). The molecule has 0 atom stereocenters. The van der Waals surface area contributed by atoms with Gasteiger partial charge in [-0.15, -0.1) is 0 Å². The Morgan fingerprint density at radius 3 is 2.33 bits per heavy atom. The van der Waals surface area contributed by atoms with Crippen molar-refractivity contribution in [1.29, 1.82) is 0 Å². The zero-order chi connectivity index (χ0) is 11.2. The van der Waals surface area contributed by atoms with Crippen molar-refractivity contribution in [2.75, 3.05) is 7.11 Å². The Morgan fingerprint density at radius 1 is 1.27 bits per heavy atom. The number of hydrogen-bond acceptors (Lipinski definition) is 2. The highest BCUT2D eigenvalue weighted by Crippen LogP contribution is 2.48. The van der Waals surface area contributed by atoms with Crippen LogP contribution < -0.4 is 4.74 Å². The van der Waals surface area contributed by atoms with Crippen molar-refractivity contribution in [1.82, 2.24) is 0 Å². The van der Waals surface area contributed by atoms with E-state index in [-0.39, 0.29) is 5.56 Å². The first-order valence-corrected chi connectivity index (χ1v) is 4.44. The maximum atomic E-state index is 13.6. The molecule has 0 aromatic heterocycles. The molecule has 0 bridgehead atoms. The van der Waals surface area contributed by atoms with Crippen LogP contribution in [0.25, 0.3) is 0 Å². The maximum Gasteiger partial charge on any atom is 0.203 e. The lowest BCUT2D eigenvalue weighted by molar-refractivity contribution is 0.144. The first-order chi connectivity index (χ1) is 6.99. The highest BCUT2D eigenvalue weighted by Gasteiger charge is 2.45. The Hall–Kier alpha value is -1.23. The summed E-state index contributed by atoms with van der Waals surface area (Å²) in [6, 6.07) is 0.681. The molecule has 1 N–H and O–H groups in total. The quantitative estimate of drug-likeness (QED) is 0.770. The third kappa shape index (κ3) is 1.47. The van der Waals surface area contributed by atoms with Gasteiger partial charge in [0.1, 0.15) is 0 Å². The van der Waals surface area contributed by atoms with Gasteiger partial charge in [0.25, 0.3) is 0 Å². The van der Waals surface area contributed by atoms with Crippen molar-refractivity contribution in [3.63, 3.8) is 0 Å². The second kappa shape index (κ2) is 3.13. The monoisotopic (exact) mass is 218 g/mol. The largest absolute Gasteiger partial charge is 0.491 e. The summed E-state index contributed by atoms with van der Waals surface area (Å²) < 4.78 is 44.0. The molecule has 5 heteroatoms. The number of methoxy groups -OCH3 is 1. The number of halogens is 3. The van der Waals surface area contributed by atoms with E-state index in [1.807, 2.05) is 0 Å². The molecule has 0 spiro atoms. The topological polar surface area (TPSA) is 29.5 Å². The molecule has 0 heterocycles. The molecule has 2 nitrogen and oxygen atoms in total. The van der Waals surface area contributed by atoms with Crippen LogP contribution in [0.5, 0.6) is 5.75 Å². The van der Waals surface area contributed by atoms with Gasteiger partial charge in [-0.2, -0.15) is 4.39 Å². The molecule has 1 aromatic carbocycles. The standard InChI is InChI=1S/C10H9F3O2/c1-15-9-7(12)5(10(14)2-3-10)4-6(11)8(9)13/h4,14H,2-3H2,1H3. The summed E-state index contributed by atoms with van der Waals surface area (Å²) in [5, 5.41) is 9.63. The van der Waals surface area contributed by atoms with Crippen molar-refractivity contribution in [2.45, 2.75) is 18.4 Å². The van der Waals surface area contributed by atoms with Gasteiger partial charge in [0.15, 0.2) is 17.4 Å². The van der Waals surface area contributed by atoms with Gasteiger partial charge in [0.2, 0.25) is 5.82 Å². The van der Waals surface area contributed by atoms with Crippen LogP contribution in [0.15, 0.2) is 6.07 Å². The van der Waals surface area contributed by atoms with Gasteiger partial charge in [-0.25, -0.2) is 8.78 Å². The number of rotatable bonds is 2. The van der Waals surface area contributed by atoms with Gasteiger partial charge in [-0.1, -0.05) is 0 Å². The van der Waals surface area contributed by atoms with Crippen LogP contribution in [0, 0.1) is 17.5 Å². The maximum absolute atomic E-state index is 13.6. The minimum Gasteiger partial charge on any atom is -0.491 e. The SMILES string of the molecule is COc1c(F)c(F)cc(C2(O)CC2)c1F. The predicted octanol–water partition coefficient (Wildman–Crippen LogP) is 2.09. The molecular formula is C10H9F3O2. The molecule has 1 fully saturated rings. The summed E-state index contributed by atoms with van der Waals surface area (Å²) in [6.07, 6.45) is 0.691. The second-order valence-electron chi connectivity index (χ2n) is 3.60. The van der Waals surface area contributed by atoms with Gasteiger partial charge in [-0.05, 0) is 18.9 Å². The second-order valence-corrected chi connectivity index (χ2v) is 3.60. The molecule has 0 amide bonds. The molecule has 1 aromatic rings. The van der Waals surface area contributed by atoms with Gasteiger partial charge >= 0.3 is 0 Å². The van der Waals surface area contributed by atoms with Crippen LogP contribution >= 0.6 is 0 Å². The molecule has 1 aliphatic rings. The van der Waals surface area contributed by atoms with E-state index in [1.165, 1.54) is 0 Å². The van der Waals surface area contributed by atoms with Gasteiger partial charge in [0, 0.05) is 5.56 Å². The summed E-state index contributed by atoms with van der Waals surface area (Å²) in [7, 11) is 1.04. The summed E-state index contributed by atoms with van der Waals surface area (Å²) in [5.74, 6) is -4.41. The molecule has 1 aliphatic carbocycles. The summed E-state index contributed by atoms with van der Waals surface area (Å²) in [6.45, 7) is 0.